The Balaban J connectivity index is 1.91. The molecule has 0 N–H and O–H groups in total. The Labute approximate surface area is 110 Å². The van der Waals surface area contributed by atoms with Gasteiger partial charge < -0.3 is 9.64 Å². The van der Waals surface area contributed by atoms with E-state index in [0.29, 0.717) is 25.4 Å². The number of rotatable bonds is 3. The van der Waals surface area contributed by atoms with E-state index >= 15 is 0 Å². The second-order valence-corrected chi connectivity index (χ2v) is 4.42. The number of anilines is 1. The van der Waals surface area contributed by atoms with Gasteiger partial charge in [0.15, 0.2) is 0 Å². The zero-order valence-corrected chi connectivity index (χ0v) is 10.3. The maximum absolute atomic E-state index is 10.8. The lowest BCUT2D eigenvalue weighted by Crippen LogP contribution is -2.34. The number of nitro benzene ring substituents is 1. The highest BCUT2D eigenvalue weighted by Gasteiger charge is 2.22. The van der Waals surface area contributed by atoms with E-state index in [1.54, 1.807) is 12.1 Å². The number of nitrogens with zero attached hydrogens (tertiary/aromatic N) is 3. The van der Waals surface area contributed by atoms with Crippen LogP contribution in [0.25, 0.3) is 0 Å². The third-order valence-corrected chi connectivity index (χ3v) is 3.18. The minimum absolute atomic E-state index is 0.0816. The van der Waals surface area contributed by atoms with Gasteiger partial charge in [0.05, 0.1) is 29.4 Å². The molecule has 19 heavy (non-hydrogen) atoms. The van der Waals surface area contributed by atoms with Crippen LogP contribution in [0, 0.1) is 10.1 Å². The highest BCUT2D eigenvalue weighted by atomic mass is 16.6. The summed E-state index contributed by atoms with van der Waals surface area (Å²) in [6, 6.07) is 4.69. The van der Waals surface area contributed by atoms with Gasteiger partial charge in [-0.15, -0.1) is 0 Å². The Morgan fingerprint density at radius 3 is 3.11 bits per heavy atom. The molecule has 0 saturated heterocycles. The van der Waals surface area contributed by atoms with Crippen LogP contribution in [0.2, 0.25) is 0 Å². The first-order valence-electron chi connectivity index (χ1n) is 6.12. The van der Waals surface area contributed by atoms with Crippen molar-refractivity contribution in [2.45, 2.75) is 6.42 Å². The SMILES string of the molecule is O=[N+]([O-])c1ccc2c(c1)N(CC1=CCC=N1)CCO2. The summed E-state index contributed by atoms with van der Waals surface area (Å²) in [7, 11) is 0. The lowest BCUT2D eigenvalue weighted by atomic mass is 10.2. The van der Waals surface area contributed by atoms with Gasteiger partial charge in [-0.25, -0.2) is 0 Å². The molecule has 3 rings (SSSR count). The van der Waals surface area contributed by atoms with Gasteiger partial charge in [-0.05, 0) is 6.07 Å². The second-order valence-electron chi connectivity index (χ2n) is 4.42. The first-order valence-corrected chi connectivity index (χ1v) is 6.12. The number of ether oxygens (including phenoxy) is 1. The largest absolute Gasteiger partial charge is 0.490 e. The standard InChI is InChI=1S/C13H13N3O3/c17-16(18)11-3-4-13-12(8-11)15(6-7-19-13)9-10-2-1-5-14-10/h2-5,8H,1,6-7,9H2. The average Bonchev–Trinajstić information content (AvgIpc) is 2.91. The Bertz CT molecular complexity index is 580. The van der Waals surface area contributed by atoms with Gasteiger partial charge in [0.1, 0.15) is 12.4 Å². The summed E-state index contributed by atoms with van der Waals surface area (Å²) in [5.74, 6) is 0.694. The molecule has 0 unspecified atom stereocenters. The van der Waals surface area contributed by atoms with Crippen molar-refractivity contribution < 1.29 is 9.66 Å². The van der Waals surface area contributed by atoms with Crippen molar-refractivity contribution in [1.82, 2.24) is 0 Å². The van der Waals surface area contributed by atoms with E-state index in [1.807, 2.05) is 6.21 Å². The molecule has 2 heterocycles. The van der Waals surface area contributed by atoms with Crippen molar-refractivity contribution in [1.29, 1.82) is 0 Å². The lowest BCUT2D eigenvalue weighted by molar-refractivity contribution is -0.384. The van der Waals surface area contributed by atoms with Gasteiger partial charge in [0.2, 0.25) is 0 Å². The van der Waals surface area contributed by atoms with Crippen LogP contribution in [-0.4, -0.2) is 30.8 Å². The van der Waals surface area contributed by atoms with Crippen LogP contribution >= 0.6 is 0 Å². The molecule has 0 radical (unpaired) electrons. The van der Waals surface area contributed by atoms with E-state index in [4.69, 9.17) is 4.74 Å². The van der Waals surface area contributed by atoms with Gasteiger partial charge in [0, 0.05) is 24.8 Å². The highest BCUT2D eigenvalue weighted by Crippen LogP contribution is 2.35. The molecule has 0 fully saturated rings. The Morgan fingerprint density at radius 1 is 1.47 bits per heavy atom. The monoisotopic (exact) mass is 259 g/mol. The number of benzene rings is 1. The molecular weight excluding hydrogens is 246 g/mol. The first kappa shape index (κ1) is 11.7. The van der Waals surface area contributed by atoms with Gasteiger partial charge in [-0.3, -0.25) is 15.1 Å². The minimum Gasteiger partial charge on any atom is -0.490 e. The predicted octanol–water partition coefficient (Wildman–Crippen LogP) is 2.15. The molecule has 2 aliphatic rings. The second kappa shape index (κ2) is 4.72. The fourth-order valence-electron chi connectivity index (χ4n) is 2.25. The van der Waals surface area contributed by atoms with Crippen molar-refractivity contribution in [2.24, 2.45) is 4.99 Å². The van der Waals surface area contributed by atoms with Crippen molar-refractivity contribution in [3.05, 3.63) is 40.1 Å². The van der Waals surface area contributed by atoms with Crippen LogP contribution in [0.4, 0.5) is 11.4 Å². The number of aliphatic imine (C=N–C) groups is 1. The van der Waals surface area contributed by atoms with Gasteiger partial charge in [-0.1, -0.05) is 6.08 Å². The van der Waals surface area contributed by atoms with Crippen LogP contribution in [-0.2, 0) is 0 Å². The van der Waals surface area contributed by atoms with E-state index in [0.717, 1.165) is 17.8 Å². The minimum atomic E-state index is -0.389. The van der Waals surface area contributed by atoms with Crippen molar-refractivity contribution in [2.75, 3.05) is 24.6 Å². The summed E-state index contributed by atoms with van der Waals surface area (Å²) in [6.07, 6.45) is 4.79. The van der Waals surface area contributed by atoms with Crippen LogP contribution in [0.5, 0.6) is 5.75 Å². The number of fused-ring (bicyclic) bond motifs is 1. The molecule has 6 heteroatoms. The van der Waals surface area contributed by atoms with E-state index in [-0.39, 0.29) is 10.6 Å². The number of non-ortho nitro benzene ring substituents is 1. The highest BCUT2D eigenvalue weighted by molar-refractivity contribution is 5.67. The lowest BCUT2D eigenvalue weighted by Gasteiger charge is -2.30. The van der Waals surface area contributed by atoms with Crippen LogP contribution in [0.15, 0.2) is 35.0 Å². The molecule has 0 atom stereocenters. The molecule has 0 aromatic heterocycles. The fraction of sp³-hybridized carbons (Fsp3) is 0.308. The first-order chi connectivity index (χ1) is 9.24. The van der Waals surface area contributed by atoms with E-state index in [9.17, 15) is 10.1 Å². The van der Waals surface area contributed by atoms with E-state index in [1.165, 1.54) is 6.07 Å². The Morgan fingerprint density at radius 2 is 2.37 bits per heavy atom. The number of allylic oxidation sites excluding steroid dienone is 1. The summed E-state index contributed by atoms with van der Waals surface area (Å²) in [4.78, 5) is 16.8. The van der Waals surface area contributed by atoms with Gasteiger partial charge in [0.25, 0.3) is 5.69 Å². The quantitative estimate of drug-likeness (QED) is 0.616. The molecular formula is C13H13N3O3. The van der Waals surface area contributed by atoms with Crippen molar-refractivity contribution in [3.8, 4) is 5.75 Å². The molecule has 0 bridgehead atoms. The summed E-state index contributed by atoms with van der Waals surface area (Å²) in [6.45, 7) is 1.96. The topological polar surface area (TPSA) is 68.0 Å². The van der Waals surface area contributed by atoms with Crippen LogP contribution < -0.4 is 9.64 Å². The molecule has 0 amide bonds. The fourth-order valence-corrected chi connectivity index (χ4v) is 2.25. The van der Waals surface area contributed by atoms with E-state index < -0.39 is 0 Å². The molecule has 98 valence electrons. The maximum atomic E-state index is 10.8. The number of hydrogen-bond acceptors (Lipinski definition) is 5. The zero-order chi connectivity index (χ0) is 13.2. The molecule has 1 aromatic carbocycles. The van der Waals surface area contributed by atoms with Crippen molar-refractivity contribution >= 4 is 17.6 Å². The molecule has 6 nitrogen and oxygen atoms in total. The third-order valence-electron chi connectivity index (χ3n) is 3.18. The van der Waals surface area contributed by atoms with E-state index in [2.05, 4.69) is 16.0 Å². The van der Waals surface area contributed by atoms with Gasteiger partial charge in [-0.2, -0.15) is 0 Å². The predicted molar refractivity (Wildman–Crippen MR) is 72.0 cm³/mol. The average molecular weight is 259 g/mol. The Kier molecular flexibility index (Phi) is 2.91. The van der Waals surface area contributed by atoms with Crippen molar-refractivity contribution in [3.63, 3.8) is 0 Å². The summed E-state index contributed by atoms with van der Waals surface area (Å²) >= 11 is 0. The molecule has 1 aromatic rings. The normalized spacial score (nSPS) is 16.8. The number of hydrogen-bond donors (Lipinski definition) is 0. The van der Waals surface area contributed by atoms with Gasteiger partial charge >= 0.3 is 0 Å². The maximum Gasteiger partial charge on any atom is 0.271 e. The number of nitro groups is 1. The third kappa shape index (κ3) is 2.29. The zero-order valence-electron chi connectivity index (χ0n) is 10.3. The van der Waals surface area contributed by atoms with Crippen LogP contribution in [0.1, 0.15) is 6.42 Å². The molecule has 2 aliphatic heterocycles. The molecule has 0 saturated carbocycles. The summed E-state index contributed by atoms with van der Waals surface area (Å²) < 4.78 is 5.53. The molecule has 0 aliphatic carbocycles. The smallest absolute Gasteiger partial charge is 0.271 e. The summed E-state index contributed by atoms with van der Waals surface area (Å²) in [5, 5.41) is 10.8. The van der Waals surface area contributed by atoms with Crippen LogP contribution in [0.3, 0.4) is 0 Å². The Hall–Kier alpha value is -2.37. The summed E-state index contributed by atoms with van der Waals surface area (Å²) in [5.41, 5.74) is 1.85. The molecule has 0 spiro atoms.